The van der Waals surface area contributed by atoms with Gasteiger partial charge in [-0.3, -0.25) is 0 Å². The van der Waals surface area contributed by atoms with Crippen molar-refractivity contribution in [2.45, 2.75) is 25.7 Å². The molecular weight excluding hydrogens is 308 g/mol. The van der Waals surface area contributed by atoms with Crippen LogP contribution in [0.2, 0.25) is 5.02 Å². The summed E-state index contributed by atoms with van der Waals surface area (Å²) in [5, 5.41) is 3.72. The number of nitrogens with one attached hydrogen (secondary N) is 1. The smallest absolute Gasteiger partial charge is 0.205 e. The van der Waals surface area contributed by atoms with Crippen LogP contribution in [-0.2, 0) is 9.84 Å². The van der Waals surface area contributed by atoms with E-state index in [9.17, 15) is 8.42 Å². The highest BCUT2D eigenvalue weighted by Crippen LogP contribution is 2.38. The molecule has 0 atom stereocenters. The molecule has 1 aliphatic rings. The predicted molar refractivity (Wildman–Crippen MR) is 87.0 cm³/mol. The van der Waals surface area contributed by atoms with Crippen LogP contribution >= 0.6 is 11.6 Å². The normalized spacial score (nSPS) is 16.4. The molecule has 0 spiro atoms. The number of rotatable bonds is 6. The average Bonchev–Trinajstić information content (AvgIpc) is 2.64. The first-order chi connectivity index (χ1) is 9.91. The van der Waals surface area contributed by atoms with Crippen molar-refractivity contribution in [3.8, 4) is 0 Å². The van der Waals surface area contributed by atoms with E-state index >= 15 is 0 Å². The molecule has 0 amide bonds. The van der Waals surface area contributed by atoms with E-state index in [0.717, 1.165) is 25.2 Å². The molecule has 0 bridgehead atoms. The summed E-state index contributed by atoms with van der Waals surface area (Å²) in [5.41, 5.74) is 1.42. The van der Waals surface area contributed by atoms with Crippen LogP contribution in [0, 0.1) is 0 Å². The third kappa shape index (κ3) is 3.10. The van der Waals surface area contributed by atoms with Crippen molar-refractivity contribution < 1.29 is 8.42 Å². The fourth-order valence-electron chi connectivity index (χ4n) is 2.51. The van der Waals surface area contributed by atoms with Crippen LogP contribution in [0.1, 0.15) is 26.3 Å². The van der Waals surface area contributed by atoms with Gasteiger partial charge in [-0.05, 0) is 32.1 Å². The van der Waals surface area contributed by atoms with Crippen LogP contribution in [0.25, 0.3) is 5.70 Å². The van der Waals surface area contributed by atoms with Crippen molar-refractivity contribution in [1.29, 1.82) is 0 Å². The van der Waals surface area contributed by atoms with Crippen LogP contribution in [-0.4, -0.2) is 39.5 Å². The SMILES string of the molecule is CCN(CC)CCNC1=C(C)S(=O)(=O)c2cc(Cl)ccc21. The molecule has 21 heavy (non-hydrogen) atoms. The van der Waals surface area contributed by atoms with Gasteiger partial charge in [0.15, 0.2) is 0 Å². The minimum absolute atomic E-state index is 0.304. The number of fused-ring (bicyclic) bond motifs is 1. The number of sulfone groups is 1. The van der Waals surface area contributed by atoms with Crippen molar-refractivity contribution in [3.63, 3.8) is 0 Å². The number of nitrogens with zero attached hydrogens (tertiary/aromatic N) is 1. The zero-order valence-electron chi connectivity index (χ0n) is 12.6. The van der Waals surface area contributed by atoms with Crippen molar-refractivity contribution >= 4 is 27.1 Å². The average molecular weight is 329 g/mol. The van der Waals surface area contributed by atoms with E-state index in [1.54, 1.807) is 19.1 Å². The van der Waals surface area contributed by atoms with E-state index in [2.05, 4.69) is 24.1 Å². The van der Waals surface area contributed by atoms with E-state index in [0.29, 0.717) is 27.1 Å². The fourth-order valence-corrected chi connectivity index (χ4v) is 4.27. The molecule has 0 aromatic heterocycles. The number of allylic oxidation sites excluding steroid dienone is 1. The Kier molecular flexibility index (Phi) is 4.96. The van der Waals surface area contributed by atoms with Gasteiger partial charge in [0.25, 0.3) is 0 Å². The topological polar surface area (TPSA) is 49.4 Å². The van der Waals surface area contributed by atoms with Crippen LogP contribution in [0.5, 0.6) is 0 Å². The lowest BCUT2D eigenvalue weighted by atomic mass is 10.1. The fraction of sp³-hybridized carbons (Fsp3) is 0.467. The first-order valence-corrected chi connectivity index (χ1v) is 9.00. The quantitative estimate of drug-likeness (QED) is 0.872. The second-order valence-corrected chi connectivity index (χ2v) is 7.52. The van der Waals surface area contributed by atoms with E-state index in [-0.39, 0.29) is 0 Å². The Morgan fingerprint density at radius 1 is 1.24 bits per heavy atom. The maximum atomic E-state index is 12.4. The summed E-state index contributed by atoms with van der Waals surface area (Å²) in [7, 11) is -3.40. The molecule has 1 aromatic rings. The van der Waals surface area contributed by atoms with E-state index in [4.69, 9.17) is 11.6 Å². The van der Waals surface area contributed by atoms with Gasteiger partial charge < -0.3 is 10.2 Å². The molecule has 0 aliphatic carbocycles. The van der Waals surface area contributed by atoms with E-state index in [1.807, 2.05) is 0 Å². The highest BCUT2D eigenvalue weighted by molar-refractivity contribution is 7.95. The second kappa shape index (κ2) is 6.38. The maximum absolute atomic E-state index is 12.4. The zero-order chi connectivity index (χ0) is 15.6. The van der Waals surface area contributed by atoms with Crippen molar-refractivity contribution in [3.05, 3.63) is 33.7 Å². The summed E-state index contributed by atoms with van der Waals surface area (Å²) in [5.74, 6) is 0. The Hall–Kier alpha value is -1.04. The molecule has 0 fully saturated rings. The number of halogens is 1. The van der Waals surface area contributed by atoms with Gasteiger partial charge in [-0.1, -0.05) is 31.5 Å². The molecule has 116 valence electrons. The molecule has 6 heteroatoms. The highest BCUT2D eigenvalue weighted by atomic mass is 35.5. The molecule has 0 saturated carbocycles. The summed E-state index contributed by atoms with van der Waals surface area (Å²) in [4.78, 5) is 2.96. The summed E-state index contributed by atoms with van der Waals surface area (Å²) < 4.78 is 24.8. The Morgan fingerprint density at radius 3 is 2.52 bits per heavy atom. The summed E-state index contributed by atoms with van der Waals surface area (Å²) in [6.07, 6.45) is 0. The Labute approximate surface area is 131 Å². The van der Waals surface area contributed by atoms with Gasteiger partial charge in [-0.15, -0.1) is 0 Å². The zero-order valence-corrected chi connectivity index (χ0v) is 14.2. The molecule has 1 heterocycles. The molecule has 1 aromatic carbocycles. The van der Waals surface area contributed by atoms with Crippen LogP contribution in [0.15, 0.2) is 28.0 Å². The first kappa shape index (κ1) is 16.3. The second-order valence-electron chi connectivity index (χ2n) is 5.03. The first-order valence-electron chi connectivity index (χ1n) is 7.14. The molecule has 2 rings (SSSR count). The van der Waals surface area contributed by atoms with Gasteiger partial charge in [-0.2, -0.15) is 0 Å². The number of likely N-dealkylation sites (N-methyl/N-ethyl adjacent to an activating group) is 1. The van der Waals surface area contributed by atoms with E-state index in [1.165, 1.54) is 6.07 Å². The third-order valence-electron chi connectivity index (χ3n) is 3.88. The van der Waals surface area contributed by atoms with Crippen molar-refractivity contribution in [1.82, 2.24) is 10.2 Å². The highest BCUT2D eigenvalue weighted by Gasteiger charge is 2.32. The van der Waals surface area contributed by atoms with Gasteiger partial charge in [0.1, 0.15) is 0 Å². The standard InChI is InChI=1S/C15H21ClN2O2S/c1-4-18(5-2)9-8-17-15-11(3)21(19,20)14-10-12(16)6-7-13(14)15/h6-7,10,17H,4-5,8-9H2,1-3H3. The van der Waals surface area contributed by atoms with E-state index < -0.39 is 9.84 Å². The van der Waals surface area contributed by atoms with Crippen molar-refractivity contribution in [2.75, 3.05) is 26.2 Å². The maximum Gasteiger partial charge on any atom is 0.205 e. The Morgan fingerprint density at radius 2 is 1.90 bits per heavy atom. The number of benzene rings is 1. The van der Waals surface area contributed by atoms with Crippen LogP contribution in [0.3, 0.4) is 0 Å². The van der Waals surface area contributed by atoms with Gasteiger partial charge in [0.05, 0.1) is 15.5 Å². The molecular formula is C15H21ClN2O2S. The lowest BCUT2D eigenvalue weighted by molar-refractivity contribution is 0.308. The van der Waals surface area contributed by atoms with Gasteiger partial charge in [0.2, 0.25) is 9.84 Å². The van der Waals surface area contributed by atoms with Crippen LogP contribution in [0.4, 0.5) is 0 Å². The molecule has 0 radical (unpaired) electrons. The molecule has 1 aliphatic heterocycles. The third-order valence-corrected chi connectivity index (χ3v) is 6.04. The van der Waals surface area contributed by atoms with Crippen LogP contribution < -0.4 is 5.32 Å². The Bertz CT molecular complexity index is 664. The van der Waals surface area contributed by atoms with Gasteiger partial charge >= 0.3 is 0 Å². The lowest BCUT2D eigenvalue weighted by Crippen LogP contribution is -2.31. The lowest BCUT2D eigenvalue weighted by Gasteiger charge is -2.19. The molecule has 1 N–H and O–H groups in total. The number of hydrogen-bond acceptors (Lipinski definition) is 4. The molecule has 4 nitrogen and oxygen atoms in total. The van der Waals surface area contributed by atoms with Gasteiger partial charge in [-0.25, -0.2) is 8.42 Å². The summed E-state index contributed by atoms with van der Waals surface area (Å²) in [6.45, 7) is 9.44. The predicted octanol–water partition coefficient (Wildman–Crippen LogP) is 2.75. The summed E-state index contributed by atoms with van der Waals surface area (Å²) in [6, 6.07) is 5.01. The number of hydrogen-bond donors (Lipinski definition) is 1. The minimum Gasteiger partial charge on any atom is -0.382 e. The minimum atomic E-state index is -3.40. The van der Waals surface area contributed by atoms with Crippen molar-refractivity contribution in [2.24, 2.45) is 0 Å². The van der Waals surface area contributed by atoms with Gasteiger partial charge in [0, 0.05) is 23.7 Å². The molecule has 0 unspecified atom stereocenters. The largest absolute Gasteiger partial charge is 0.382 e. The monoisotopic (exact) mass is 328 g/mol. The molecule has 0 saturated heterocycles. The summed E-state index contributed by atoms with van der Waals surface area (Å²) >= 11 is 5.92. The Balaban J connectivity index is 2.23.